The van der Waals surface area contributed by atoms with Crippen LogP contribution in [0.4, 0.5) is 0 Å². The predicted octanol–water partition coefficient (Wildman–Crippen LogP) is 6.41. The Labute approximate surface area is 195 Å². The summed E-state index contributed by atoms with van der Waals surface area (Å²) in [6, 6.07) is 26.9. The Kier molecular flexibility index (Phi) is 7.28. The Hall–Kier alpha value is -3.04. The van der Waals surface area contributed by atoms with Crippen LogP contribution in [0.15, 0.2) is 85.1 Å². The zero-order valence-corrected chi connectivity index (χ0v) is 19.2. The van der Waals surface area contributed by atoms with Gasteiger partial charge in [0.05, 0.1) is 0 Å². The molecule has 3 aromatic carbocycles. The number of hydrogen-bond donors (Lipinski definition) is 1. The fourth-order valence-corrected chi connectivity index (χ4v) is 4.35. The van der Waals surface area contributed by atoms with Gasteiger partial charge in [0.15, 0.2) is 0 Å². The Balaban J connectivity index is 1.37. The van der Waals surface area contributed by atoms with E-state index >= 15 is 0 Å². The van der Waals surface area contributed by atoms with E-state index in [0.717, 1.165) is 23.4 Å². The zero-order valence-electron chi connectivity index (χ0n) is 18.4. The highest BCUT2D eigenvalue weighted by Crippen LogP contribution is 2.25. The monoisotopic (exact) mass is 444 g/mol. The molecule has 0 saturated heterocycles. The van der Waals surface area contributed by atoms with Gasteiger partial charge in [-0.25, -0.2) is 0 Å². The number of amides is 1. The number of carbonyl (C=O) groups excluding carboxylic acids is 1. The largest absolute Gasteiger partial charge is 0.354 e. The molecule has 0 radical (unpaired) electrons. The van der Waals surface area contributed by atoms with E-state index < -0.39 is 0 Å². The summed E-state index contributed by atoms with van der Waals surface area (Å²) in [6.07, 6.45) is 5.27. The van der Waals surface area contributed by atoms with Crippen molar-refractivity contribution in [2.75, 3.05) is 0 Å². The third-order valence-electron chi connectivity index (χ3n) is 5.91. The number of carbonyl (C=O) groups is 1. The molecule has 4 rings (SSSR count). The maximum atomic E-state index is 12.6. The fraction of sp³-hybridized carbons (Fsp3) is 0.250. The summed E-state index contributed by atoms with van der Waals surface area (Å²) in [5.74, 6) is 0.105. The zero-order chi connectivity index (χ0) is 22.3. The second-order valence-corrected chi connectivity index (χ2v) is 8.79. The summed E-state index contributed by atoms with van der Waals surface area (Å²) >= 11 is 6.38. The standard InChI is InChI=1S/C28H29ClN2O/c1-21(15-16-22-9-3-2-4-10-22)30-28(32)18-17-23-19-31(27-14-8-6-12-25(23)27)20-24-11-5-7-13-26(24)29/h2-14,19,21H,15-18,20H2,1H3,(H,30,32)/t21-/m0/s1. The van der Waals surface area contributed by atoms with E-state index in [2.05, 4.69) is 77.6 Å². The van der Waals surface area contributed by atoms with E-state index in [-0.39, 0.29) is 11.9 Å². The van der Waals surface area contributed by atoms with Crippen molar-refractivity contribution in [3.05, 3.63) is 107 Å². The molecule has 0 unspecified atom stereocenters. The van der Waals surface area contributed by atoms with Crippen molar-refractivity contribution in [2.24, 2.45) is 0 Å². The van der Waals surface area contributed by atoms with Crippen molar-refractivity contribution in [1.82, 2.24) is 9.88 Å². The van der Waals surface area contributed by atoms with Crippen LogP contribution in [0, 0.1) is 0 Å². The molecule has 0 aliphatic rings. The van der Waals surface area contributed by atoms with Crippen molar-refractivity contribution in [3.63, 3.8) is 0 Å². The van der Waals surface area contributed by atoms with E-state index in [4.69, 9.17) is 11.6 Å². The quantitative estimate of drug-likeness (QED) is 0.318. The molecule has 0 saturated carbocycles. The number of fused-ring (bicyclic) bond motifs is 1. The van der Waals surface area contributed by atoms with E-state index in [1.54, 1.807) is 0 Å². The summed E-state index contributed by atoms with van der Waals surface area (Å²) < 4.78 is 2.23. The highest BCUT2D eigenvalue weighted by molar-refractivity contribution is 6.31. The number of aromatic nitrogens is 1. The average Bonchev–Trinajstić information content (AvgIpc) is 3.16. The minimum atomic E-state index is 0.105. The molecule has 1 atom stereocenters. The van der Waals surface area contributed by atoms with E-state index in [1.807, 2.05) is 24.3 Å². The van der Waals surface area contributed by atoms with Crippen LogP contribution in [0.2, 0.25) is 5.02 Å². The van der Waals surface area contributed by atoms with E-state index in [1.165, 1.54) is 22.0 Å². The number of halogens is 1. The topological polar surface area (TPSA) is 34.0 Å². The van der Waals surface area contributed by atoms with Crippen LogP contribution in [0.5, 0.6) is 0 Å². The lowest BCUT2D eigenvalue weighted by atomic mass is 10.1. The molecule has 32 heavy (non-hydrogen) atoms. The highest BCUT2D eigenvalue weighted by atomic mass is 35.5. The van der Waals surface area contributed by atoms with Gasteiger partial charge in [-0.3, -0.25) is 4.79 Å². The Morgan fingerprint density at radius 2 is 1.62 bits per heavy atom. The maximum Gasteiger partial charge on any atom is 0.220 e. The normalized spacial score (nSPS) is 12.1. The molecule has 1 N–H and O–H groups in total. The smallest absolute Gasteiger partial charge is 0.220 e. The van der Waals surface area contributed by atoms with Crippen molar-refractivity contribution in [3.8, 4) is 0 Å². The molecule has 4 aromatic rings. The van der Waals surface area contributed by atoms with Gasteiger partial charge in [-0.15, -0.1) is 0 Å². The molecule has 0 bridgehead atoms. The first kappa shape index (κ1) is 22.2. The number of nitrogens with one attached hydrogen (secondary N) is 1. The van der Waals surface area contributed by atoms with E-state index in [9.17, 15) is 4.79 Å². The molecule has 1 amide bonds. The molecule has 0 aliphatic heterocycles. The van der Waals surface area contributed by atoms with Crippen LogP contribution in [0.1, 0.15) is 36.5 Å². The van der Waals surface area contributed by atoms with Gasteiger partial charge in [-0.1, -0.05) is 78.3 Å². The minimum Gasteiger partial charge on any atom is -0.354 e. The molecule has 0 aliphatic carbocycles. The van der Waals surface area contributed by atoms with Gasteiger partial charge in [0.1, 0.15) is 0 Å². The number of hydrogen-bond acceptors (Lipinski definition) is 1. The lowest BCUT2D eigenvalue weighted by molar-refractivity contribution is -0.121. The number of aryl methyl sites for hydroxylation is 2. The average molecular weight is 445 g/mol. The van der Waals surface area contributed by atoms with Gasteiger partial charge >= 0.3 is 0 Å². The Morgan fingerprint density at radius 1 is 0.906 bits per heavy atom. The summed E-state index contributed by atoms with van der Waals surface area (Å²) in [5.41, 5.74) is 4.75. The Morgan fingerprint density at radius 3 is 2.44 bits per heavy atom. The SMILES string of the molecule is C[C@@H](CCc1ccccc1)NC(=O)CCc1cn(Cc2ccccc2Cl)c2ccccc12. The van der Waals surface area contributed by atoms with Gasteiger partial charge in [0.2, 0.25) is 5.91 Å². The first-order chi connectivity index (χ1) is 15.6. The van der Waals surface area contributed by atoms with Crippen molar-refractivity contribution < 1.29 is 4.79 Å². The first-order valence-corrected chi connectivity index (χ1v) is 11.6. The number of benzene rings is 3. The highest BCUT2D eigenvalue weighted by Gasteiger charge is 2.13. The third-order valence-corrected chi connectivity index (χ3v) is 6.28. The number of para-hydroxylation sites is 1. The number of nitrogens with zero attached hydrogens (tertiary/aromatic N) is 1. The van der Waals surface area contributed by atoms with Crippen molar-refractivity contribution in [1.29, 1.82) is 0 Å². The second kappa shape index (κ2) is 10.5. The molecular weight excluding hydrogens is 416 g/mol. The van der Waals surface area contributed by atoms with Crippen LogP contribution >= 0.6 is 11.6 Å². The van der Waals surface area contributed by atoms with Crippen LogP contribution in [-0.4, -0.2) is 16.5 Å². The van der Waals surface area contributed by atoms with Gasteiger partial charge in [0, 0.05) is 41.1 Å². The molecule has 0 fully saturated rings. The maximum absolute atomic E-state index is 12.6. The fourth-order valence-electron chi connectivity index (χ4n) is 4.16. The molecule has 1 aromatic heterocycles. The molecular formula is C28H29ClN2O. The summed E-state index contributed by atoms with van der Waals surface area (Å²) in [7, 11) is 0. The lowest BCUT2D eigenvalue weighted by Crippen LogP contribution is -2.33. The summed E-state index contributed by atoms with van der Waals surface area (Å²) in [5, 5.41) is 5.13. The van der Waals surface area contributed by atoms with Gasteiger partial charge in [-0.2, -0.15) is 0 Å². The van der Waals surface area contributed by atoms with Crippen LogP contribution in [0.25, 0.3) is 10.9 Å². The van der Waals surface area contributed by atoms with Crippen LogP contribution in [0.3, 0.4) is 0 Å². The van der Waals surface area contributed by atoms with Crippen LogP contribution < -0.4 is 5.32 Å². The minimum absolute atomic E-state index is 0.105. The van der Waals surface area contributed by atoms with Gasteiger partial charge in [0.25, 0.3) is 0 Å². The number of rotatable bonds is 9. The van der Waals surface area contributed by atoms with Crippen molar-refractivity contribution in [2.45, 2.75) is 45.2 Å². The Bertz CT molecular complexity index is 1180. The molecule has 3 nitrogen and oxygen atoms in total. The van der Waals surface area contributed by atoms with E-state index in [0.29, 0.717) is 19.4 Å². The van der Waals surface area contributed by atoms with Gasteiger partial charge in [-0.05, 0) is 55.0 Å². The molecule has 1 heterocycles. The van der Waals surface area contributed by atoms with Crippen LogP contribution in [-0.2, 0) is 24.2 Å². The molecule has 164 valence electrons. The van der Waals surface area contributed by atoms with Gasteiger partial charge < -0.3 is 9.88 Å². The van der Waals surface area contributed by atoms with Crippen molar-refractivity contribution >= 4 is 28.4 Å². The summed E-state index contributed by atoms with van der Waals surface area (Å²) in [6.45, 7) is 2.79. The third kappa shape index (κ3) is 5.60. The predicted molar refractivity (Wildman–Crippen MR) is 133 cm³/mol. The summed E-state index contributed by atoms with van der Waals surface area (Å²) in [4.78, 5) is 12.6. The molecule has 0 spiro atoms. The molecule has 4 heteroatoms. The first-order valence-electron chi connectivity index (χ1n) is 11.2. The lowest BCUT2D eigenvalue weighted by Gasteiger charge is -2.14. The second-order valence-electron chi connectivity index (χ2n) is 8.38.